The van der Waals surface area contributed by atoms with Gasteiger partial charge in [0.1, 0.15) is 5.41 Å². The second-order valence-electron chi connectivity index (χ2n) is 8.91. The molecule has 1 saturated heterocycles. The average Bonchev–Trinajstić information content (AvgIpc) is 2.53. The van der Waals surface area contributed by atoms with Gasteiger partial charge in [0.2, 0.25) is 0 Å². The lowest BCUT2D eigenvalue weighted by molar-refractivity contribution is -0.152. The van der Waals surface area contributed by atoms with Crippen LogP contribution in [0.3, 0.4) is 0 Å². The van der Waals surface area contributed by atoms with Crippen LogP contribution in [0.4, 0.5) is 0 Å². The molecule has 0 aromatic heterocycles. The molecule has 0 bridgehead atoms. The maximum atomic E-state index is 13.2. The highest BCUT2D eigenvalue weighted by Gasteiger charge is 2.57. The van der Waals surface area contributed by atoms with Gasteiger partial charge in [-0.2, -0.15) is 0 Å². The molecule has 4 nitrogen and oxygen atoms in total. The smallest absolute Gasteiger partial charge is 0.257 e. The first kappa shape index (κ1) is 19.5. The molecule has 2 amide bonds. The molecule has 1 rings (SSSR count). The van der Waals surface area contributed by atoms with Gasteiger partial charge in [0.15, 0.2) is 0 Å². The molecule has 0 unspecified atom stereocenters. The highest BCUT2D eigenvalue weighted by molar-refractivity contribution is 6.10. The predicted molar refractivity (Wildman–Crippen MR) is 94.4 cm³/mol. The quantitative estimate of drug-likeness (QED) is 0.551. The molecule has 130 valence electrons. The van der Waals surface area contributed by atoms with Crippen LogP contribution >= 0.6 is 0 Å². The summed E-state index contributed by atoms with van der Waals surface area (Å²) in [5.41, 5.74) is -1.25. The topological polar surface area (TPSA) is 40.6 Å². The van der Waals surface area contributed by atoms with Crippen LogP contribution in [0.2, 0.25) is 0 Å². The van der Waals surface area contributed by atoms with Crippen molar-refractivity contribution in [1.82, 2.24) is 10.0 Å². The Labute approximate surface area is 141 Å². The lowest BCUT2D eigenvalue weighted by Crippen LogP contribution is -2.48. The molecule has 0 spiro atoms. The van der Waals surface area contributed by atoms with E-state index in [0.29, 0.717) is 25.9 Å². The maximum absolute atomic E-state index is 13.2. The Hall–Kier alpha value is -1.58. The molecule has 0 aromatic rings. The molecule has 0 saturated carbocycles. The molecule has 1 aliphatic heterocycles. The molecular formula is C19H32N2O2. The molecule has 0 N–H and O–H groups in total. The van der Waals surface area contributed by atoms with Crippen LogP contribution in [-0.4, -0.2) is 34.9 Å². The van der Waals surface area contributed by atoms with E-state index >= 15 is 0 Å². The number of amides is 2. The van der Waals surface area contributed by atoms with Gasteiger partial charge < -0.3 is 0 Å². The Morgan fingerprint density at radius 3 is 1.35 bits per heavy atom. The third kappa shape index (κ3) is 4.24. The third-order valence-corrected chi connectivity index (χ3v) is 3.81. The number of rotatable bonds is 6. The molecule has 1 heterocycles. The maximum Gasteiger partial charge on any atom is 0.257 e. The van der Waals surface area contributed by atoms with Crippen molar-refractivity contribution in [3.8, 4) is 0 Å². The highest BCUT2D eigenvalue weighted by atomic mass is 16.2. The van der Waals surface area contributed by atoms with Crippen molar-refractivity contribution in [1.29, 1.82) is 0 Å². The van der Waals surface area contributed by atoms with E-state index < -0.39 is 5.41 Å². The van der Waals surface area contributed by atoms with Crippen molar-refractivity contribution in [3.63, 3.8) is 0 Å². The number of carbonyl (C=O) groups excluding carboxylic acids is 2. The number of hydrogen-bond donors (Lipinski definition) is 0. The lowest BCUT2D eigenvalue weighted by atomic mass is 9.80. The number of carbonyl (C=O) groups is 2. The number of allylic oxidation sites excluding steroid dienone is 2. The first-order valence-corrected chi connectivity index (χ1v) is 8.24. The van der Waals surface area contributed by atoms with Crippen molar-refractivity contribution in [2.45, 2.75) is 54.4 Å². The van der Waals surface area contributed by atoms with Gasteiger partial charge in [0.25, 0.3) is 11.8 Å². The van der Waals surface area contributed by atoms with Crippen LogP contribution in [0.5, 0.6) is 0 Å². The minimum atomic E-state index is -1.07. The summed E-state index contributed by atoms with van der Waals surface area (Å²) in [5, 5.41) is 3.31. The fourth-order valence-electron chi connectivity index (χ4n) is 2.94. The number of hydrazine groups is 1. The zero-order valence-corrected chi connectivity index (χ0v) is 15.6. The van der Waals surface area contributed by atoms with Crippen molar-refractivity contribution in [3.05, 3.63) is 25.3 Å². The monoisotopic (exact) mass is 320 g/mol. The van der Waals surface area contributed by atoms with E-state index in [1.165, 1.54) is 0 Å². The van der Waals surface area contributed by atoms with Crippen LogP contribution in [0, 0.1) is 16.2 Å². The largest absolute Gasteiger partial charge is 0.272 e. The Balaban J connectivity index is 3.33. The van der Waals surface area contributed by atoms with Crippen LogP contribution in [0.15, 0.2) is 25.3 Å². The van der Waals surface area contributed by atoms with E-state index in [1.807, 2.05) is 0 Å². The van der Waals surface area contributed by atoms with Gasteiger partial charge in [-0.25, -0.2) is 10.0 Å². The summed E-state index contributed by atoms with van der Waals surface area (Å²) in [6.07, 6.45) is 4.01. The molecule has 23 heavy (non-hydrogen) atoms. The van der Waals surface area contributed by atoms with Crippen molar-refractivity contribution in [2.24, 2.45) is 16.2 Å². The fourth-order valence-corrected chi connectivity index (χ4v) is 2.94. The van der Waals surface area contributed by atoms with Crippen molar-refractivity contribution in [2.75, 3.05) is 13.1 Å². The standard InChI is InChI=1S/C19H32N2O2/c1-9-11-19(12-10-2)15(22)20(13-17(3,4)5)21(16(19)23)14-18(6,7)8/h9-10H,1-2,11-14H2,3-8H3. The highest BCUT2D eigenvalue weighted by Crippen LogP contribution is 2.41. The van der Waals surface area contributed by atoms with E-state index in [0.717, 1.165) is 0 Å². The second-order valence-corrected chi connectivity index (χ2v) is 8.91. The summed E-state index contributed by atoms with van der Waals surface area (Å²) >= 11 is 0. The molecular weight excluding hydrogens is 288 g/mol. The summed E-state index contributed by atoms with van der Waals surface area (Å²) in [7, 11) is 0. The van der Waals surface area contributed by atoms with Gasteiger partial charge in [-0.1, -0.05) is 53.7 Å². The molecule has 1 aliphatic rings. The van der Waals surface area contributed by atoms with Crippen LogP contribution in [0.1, 0.15) is 54.4 Å². The molecule has 0 atom stereocenters. The minimum Gasteiger partial charge on any atom is -0.272 e. The van der Waals surface area contributed by atoms with Crippen molar-refractivity contribution >= 4 is 11.8 Å². The lowest BCUT2D eigenvalue weighted by Gasteiger charge is -2.36. The Kier molecular flexibility index (Phi) is 5.50. The summed E-state index contributed by atoms with van der Waals surface area (Å²) < 4.78 is 0. The van der Waals surface area contributed by atoms with Gasteiger partial charge in [0.05, 0.1) is 0 Å². The van der Waals surface area contributed by atoms with Crippen molar-refractivity contribution < 1.29 is 9.59 Å². The zero-order chi connectivity index (χ0) is 18.1. The zero-order valence-electron chi connectivity index (χ0n) is 15.6. The molecule has 0 aliphatic carbocycles. The van der Waals surface area contributed by atoms with E-state index in [-0.39, 0.29) is 22.6 Å². The average molecular weight is 320 g/mol. The van der Waals surface area contributed by atoms with Gasteiger partial charge in [-0.05, 0) is 23.7 Å². The van der Waals surface area contributed by atoms with Crippen LogP contribution in [0.25, 0.3) is 0 Å². The molecule has 1 fully saturated rings. The molecule has 0 radical (unpaired) electrons. The fraction of sp³-hybridized carbons (Fsp3) is 0.684. The number of nitrogens with zero attached hydrogens (tertiary/aromatic N) is 2. The molecule has 4 heteroatoms. The summed E-state index contributed by atoms with van der Waals surface area (Å²) in [6, 6.07) is 0. The minimum absolute atomic E-state index is 0.0927. The van der Waals surface area contributed by atoms with E-state index in [2.05, 4.69) is 54.7 Å². The van der Waals surface area contributed by atoms with E-state index in [4.69, 9.17) is 0 Å². The Bertz CT molecular complexity index is 448. The Morgan fingerprint density at radius 2 is 1.13 bits per heavy atom. The van der Waals surface area contributed by atoms with Gasteiger partial charge in [-0.15, -0.1) is 13.2 Å². The summed E-state index contributed by atoms with van der Waals surface area (Å²) in [6.45, 7) is 20.9. The Morgan fingerprint density at radius 1 is 0.826 bits per heavy atom. The van der Waals surface area contributed by atoms with E-state index in [9.17, 15) is 9.59 Å². The molecule has 0 aromatic carbocycles. The van der Waals surface area contributed by atoms with E-state index in [1.54, 1.807) is 22.2 Å². The summed E-state index contributed by atoms with van der Waals surface area (Å²) in [5.74, 6) is -0.247. The van der Waals surface area contributed by atoms with Gasteiger partial charge in [0, 0.05) is 13.1 Å². The van der Waals surface area contributed by atoms with Crippen LogP contribution in [-0.2, 0) is 9.59 Å². The first-order chi connectivity index (χ1) is 10.4. The first-order valence-electron chi connectivity index (χ1n) is 8.24. The second kappa shape index (κ2) is 6.50. The predicted octanol–water partition coefficient (Wildman–Crippen LogP) is 3.80. The van der Waals surface area contributed by atoms with Crippen LogP contribution < -0.4 is 0 Å². The third-order valence-electron chi connectivity index (χ3n) is 3.81. The normalized spacial score (nSPS) is 18.5. The summed E-state index contributed by atoms with van der Waals surface area (Å²) in [4.78, 5) is 26.3. The van der Waals surface area contributed by atoms with Gasteiger partial charge >= 0.3 is 0 Å². The SMILES string of the molecule is C=CCC1(CC=C)C(=O)N(CC(C)(C)C)N(CC(C)(C)C)C1=O. The number of hydrogen-bond acceptors (Lipinski definition) is 2. The van der Waals surface area contributed by atoms with Gasteiger partial charge in [-0.3, -0.25) is 9.59 Å².